The molecule has 3 aliphatic rings. The highest BCUT2D eigenvalue weighted by atomic mass is 19.4. The van der Waals surface area contributed by atoms with Crippen LogP contribution in [0.1, 0.15) is 44.9 Å². The van der Waals surface area contributed by atoms with Crippen LogP contribution in [0.15, 0.2) is 0 Å². The molecular weight excluding hydrogens is 336 g/mol. The molecule has 1 heterocycles. The zero-order valence-corrected chi connectivity index (χ0v) is 13.2. The zero-order chi connectivity index (χ0) is 17.8. The monoisotopic (exact) mass is 357 g/mol. The van der Waals surface area contributed by atoms with E-state index < -0.39 is 55.3 Å². The molecule has 0 bridgehead atoms. The van der Waals surface area contributed by atoms with E-state index in [1.54, 1.807) is 0 Å². The number of likely N-dealkylation sites (tertiary alicyclic amines) is 1. The number of alkyl halides is 6. The summed E-state index contributed by atoms with van der Waals surface area (Å²) in [6, 6.07) is 0. The second-order valence-electron chi connectivity index (χ2n) is 7.71. The van der Waals surface area contributed by atoms with E-state index in [4.69, 9.17) is 0 Å². The molecule has 1 saturated heterocycles. The number of amides is 1. The summed E-state index contributed by atoms with van der Waals surface area (Å²) < 4.78 is 78.0. The summed E-state index contributed by atoms with van der Waals surface area (Å²) >= 11 is 0. The largest absolute Gasteiger partial charge is 0.391 e. The van der Waals surface area contributed by atoms with Gasteiger partial charge in [-0.05, 0) is 50.4 Å². The Labute approximate surface area is 136 Å². The van der Waals surface area contributed by atoms with Gasteiger partial charge in [-0.1, -0.05) is 0 Å². The first-order chi connectivity index (χ1) is 11.0. The summed E-state index contributed by atoms with van der Waals surface area (Å²) in [5, 5.41) is 0. The Bertz CT molecular complexity index is 464. The Morgan fingerprint density at radius 2 is 1.25 bits per heavy atom. The number of nitrogens with zero attached hydrogens (tertiary/aromatic N) is 1. The summed E-state index contributed by atoms with van der Waals surface area (Å²) in [6.45, 7) is 0.922. The molecule has 0 radical (unpaired) electrons. The van der Waals surface area contributed by atoms with Crippen molar-refractivity contribution < 1.29 is 31.1 Å². The third-order valence-electron chi connectivity index (χ3n) is 6.08. The van der Waals surface area contributed by atoms with Gasteiger partial charge in [-0.25, -0.2) is 0 Å². The molecule has 1 amide bonds. The third-order valence-corrected chi connectivity index (χ3v) is 6.08. The van der Waals surface area contributed by atoms with Crippen LogP contribution in [0.4, 0.5) is 26.3 Å². The van der Waals surface area contributed by atoms with E-state index in [2.05, 4.69) is 0 Å². The van der Waals surface area contributed by atoms with Crippen LogP contribution in [0.5, 0.6) is 0 Å². The van der Waals surface area contributed by atoms with Gasteiger partial charge in [0.2, 0.25) is 5.91 Å². The first-order valence-electron chi connectivity index (χ1n) is 8.42. The molecule has 1 aliphatic heterocycles. The van der Waals surface area contributed by atoms with Crippen molar-refractivity contribution in [2.75, 3.05) is 13.1 Å². The van der Waals surface area contributed by atoms with Crippen LogP contribution in [0.3, 0.4) is 0 Å². The van der Waals surface area contributed by atoms with Crippen LogP contribution in [0.25, 0.3) is 0 Å². The van der Waals surface area contributed by atoms with E-state index in [9.17, 15) is 31.1 Å². The summed E-state index contributed by atoms with van der Waals surface area (Å²) in [5.74, 6) is -5.79. The second kappa shape index (κ2) is 5.80. The minimum absolute atomic E-state index is 0.298. The molecule has 0 N–H and O–H groups in total. The van der Waals surface area contributed by atoms with Gasteiger partial charge in [-0.15, -0.1) is 0 Å². The normalized spacial score (nSPS) is 33.6. The van der Waals surface area contributed by atoms with Gasteiger partial charge in [0.1, 0.15) is 0 Å². The second-order valence-corrected chi connectivity index (χ2v) is 7.71. The standard InChI is InChI=1S/C16H21F6NO/c17-15(18,19)11-7-10(8-12(9-11)16(20,21)22)13(24)23-5-3-14(1-2-14)4-6-23/h10-12H,1-9H2. The van der Waals surface area contributed by atoms with Gasteiger partial charge in [-0.3, -0.25) is 4.79 Å². The topological polar surface area (TPSA) is 20.3 Å². The Balaban J connectivity index is 1.69. The molecule has 3 fully saturated rings. The van der Waals surface area contributed by atoms with Gasteiger partial charge >= 0.3 is 12.4 Å². The quantitative estimate of drug-likeness (QED) is 0.631. The minimum atomic E-state index is -4.69. The number of hydrogen-bond acceptors (Lipinski definition) is 1. The maximum Gasteiger partial charge on any atom is 0.391 e. The smallest absolute Gasteiger partial charge is 0.342 e. The van der Waals surface area contributed by atoms with Crippen molar-refractivity contribution >= 4 is 5.91 Å². The Morgan fingerprint density at radius 1 is 0.792 bits per heavy atom. The average molecular weight is 357 g/mol. The fraction of sp³-hybridized carbons (Fsp3) is 0.938. The average Bonchev–Trinajstić information content (AvgIpc) is 3.24. The van der Waals surface area contributed by atoms with Crippen molar-refractivity contribution in [1.29, 1.82) is 0 Å². The van der Waals surface area contributed by atoms with E-state index >= 15 is 0 Å². The van der Waals surface area contributed by atoms with E-state index in [1.165, 1.54) is 4.90 Å². The number of halogens is 6. The van der Waals surface area contributed by atoms with Gasteiger partial charge in [0.25, 0.3) is 0 Å². The number of hydrogen-bond donors (Lipinski definition) is 0. The molecule has 24 heavy (non-hydrogen) atoms. The number of carbonyl (C=O) groups excluding carboxylic acids is 1. The minimum Gasteiger partial charge on any atom is -0.342 e. The zero-order valence-electron chi connectivity index (χ0n) is 13.2. The highest BCUT2D eigenvalue weighted by Gasteiger charge is 2.54. The molecule has 2 atom stereocenters. The molecule has 0 aromatic rings. The molecule has 1 spiro atoms. The number of carbonyl (C=O) groups is 1. The number of piperidine rings is 1. The van der Waals surface area contributed by atoms with Crippen LogP contribution < -0.4 is 0 Å². The van der Waals surface area contributed by atoms with E-state index in [0.29, 0.717) is 18.5 Å². The lowest BCUT2D eigenvalue weighted by Gasteiger charge is -2.40. The predicted molar refractivity (Wildman–Crippen MR) is 73.9 cm³/mol. The van der Waals surface area contributed by atoms with Gasteiger partial charge in [0.05, 0.1) is 11.8 Å². The van der Waals surface area contributed by atoms with Crippen LogP contribution in [-0.2, 0) is 4.79 Å². The SMILES string of the molecule is O=C(C1CC(C(F)(F)F)CC(C(F)(F)F)C1)N1CCC2(CC1)CC2. The van der Waals surface area contributed by atoms with Crippen molar-refractivity contribution in [2.45, 2.75) is 57.3 Å². The predicted octanol–water partition coefficient (Wildman–Crippen LogP) is 4.55. The van der Waals surface area contributed by atoms with Crippen molar-refractivity contribution in [3.63, 3.8) is 0 Å². The molecule has 2 aliphatic carbocycles. The van der Waals surface area contributed by atoms with Crippen LogP contribution in [0.2, 0.25) is 0 Å². The van der Waals surface area contributed by atoms with Gasteiger partial charge in [0.15, 0.2) is 0 Å². The number of rotatable bonds is 1. The summed E-state index contributed by atoms with van der Waals surface area (Å²) in [7, 11) is 0. The van der Waals surface area contributed by atoms with E-state index in [0.717, 1.165) is 25.7 Å². The molecule has 3 rings (SSSR count). The summed E-state index contributed by atoms with van der Waals surface area (Å²) in [4.78, 5) is 14.0. The molecule has 0 aromatic heterocycles. The summed E-state index contributed by atoms with van der Waals surface area (Å²) in [6.07, 6.45) is -7.51. The molecule has 0 aromatic carbocycles. The first-order valence-corrected chi connectivity index (χ1v) is 8.42. The lowest BCUT2D eigenvalue weighted by atomic mass is 9.73. The third kappa shape index (κ3) is 3.67. The van der Waals surface area contributed by atoms with E-state index in [-0.39, 0.29) is 0 Å². The molecular formula is C16H21F6NO. The van der Waals surface area contributed by atoms with Crippen molar-refractivity contribution in [1.82, 2.24) is 4.90 Å². The van der Waals surface area contributed by atoms with Crippen LogP contribution in [-0.4, -0.2) is 36.2 Å². The lowest BCUT2D eigenvalue weighted by molar-refractivity contribution is -0.228. The van der Waals surface area contributed by atoms with Crippen LogP contribution >= 0.6 is 0 Å². The van der Waals surface area contributed by atoms with Gasteiger partial charge in [0, 0.05) is 19.0 Å². The fourth-order valence-corrected chi connectivity index (χ4v) is 4.19. The Morgan fingerprint density at radius 3 is 1.62 bits per heavy atom. The molecule has 2 saturated carbocycles. The summed E-state index contributed by atoms with van der Waals surface area (Å²) in [5.41, 5.74) is 0.298. The van der Waals surface area contributed by atoms with Crippen molar-refractivity contribution in [3.05, 3.63) is 0 Å². The molecule has 8 heteroatoms. The van der Waals surface area contributed by atoms with Gasteiger partial charge in [-0.2, -0.15) is 26.3 Å². The highest BCUT2D eigenvalue weighted by Crippen LogP contribution is 2.54. The first kappa shape index (κ1) is 17.9. The Hall–Kier alpha value is -0.950. The molecule has 138 valence electrons. The van der Waals surface area contributed by atoms with Crippen molar-refractivity contribution in [3.8, 4) is 0 Å². The maximum atomic E-state index is 13.0. The lowest BCUT2D eigenvalue weighted by Crippen LogP contribution is -2.47. The fourth-order valence-electron chi connectivity index (χ4n) is 4.19. The Kier molecular flexibility index (Phi) is 4.31. The van der Waals surface area contributed by atoms with E-state index in [1.807, 2.05) is 0 Å². The highest BCUT2D eigenvalue weighted by molar-refractivity contribution is 5.79. The van der Waals surface area contributed by atoms with Gasteiger partial charge < -0.3 is 4.90 Å². The maximum absolute atomic E-state index is 13.0. The van der Waals surface area contributed by atoms with Crippen LogP contribution in [0, 0.1) is 23.2 Å². The molecule has 2 unspecified atom stereocenters. The molecule has 2 nitrogen and oxygen atoms in total. The van der Waals surface area contributed by atoms with Crippen molar-refractivity contribution in [2.24, 2.45) is 23.2 Å².